The lowest BCUT2D eigenvalue weighted by molar-refractivity contribution is -0.144. The Morgan fingerprint density at radius 1 is 1.23 bits per heavy atom. The number of carbonyl (C=O) groups is 1. The van der Waals surface area contributed by atoms with Crippen LogP contribution in [0.3, 0.4) is 0 Å². The predicted octanol–water partition coefficient (Wildman–Crippen LogP) is 3.68. The van der Waals surface area contributed by atoms with Crippen LogP contribution in [0.15, 0.2) is 30.3 Å². The second kappa shape index (κ2) is 6.04. The third kappa shape index (κ3) is 2.91. The van der Waals surface area contributed by atoms with Crippen LogP contribution in [-0.4, -0.2) is 34.6 Å². The molecule has 1 aliphatic carbocycles. The minimum Gasteiger partial charge on any atom is -0.481 e. The molecule has 1 aliphatic heterocycles. The summed E-state index contributed by atoms with van der Waals surface area (Å²) in [6.07, 6.45) is 5.36. The van der Waals surface area contributed by atoms with Crippen molar-refractivity contribution < 1.29 is 9.90 Å². The van der Waals surface area contributed by atoms with Crippen molar-refractivity contribution in [1.29, 1.82) is 0 Å². The van der Waals surface area contributed by atoms with Crippen molar-refractivity contribution in [3.63, 3.8) is 0 Å². The molecule has 3 rings (SSSR count). The molecule has 0 radical (unpaired) electrons. The van der Waals surface area contributed by atoms with Gasteiger partial charge in [0.1, 0.15) is 0 Å². The first kappa shape index (κ1) is 15.5. The molecule has 0 bridgehead atoms. The Bertz CT molecular complexity index is 529. The van der Waals surface area contributed by atoms with Gasteiger partial charge < -0.3 is 5.11 Å². The molecule has 4 atom stereocenters. The summed E-state index contributed by atoms with van der Waals surface area (Å²) < 4.78 is 0. The molecule has 3 nitrogen and oxygen atoms in total. The van der Waals surface area contributed by atoms with Gasteiger partial charge in [0.05, 0.1) is 5.92 Å². The second-order valence-corrected chi connectivity index (χ2v) is 7.48. The van der Waals surface area contributed by atoms with Gasteiger partial charge in [0, 0.05) is 18.6 Å². The largest absolute Gasteiger partial charge is 0.481 e. The standard InChI is InChI=1S/C19H27NO2/c1-14-8-9-15(18(21)22)13-20(14)17-10-11-19(2,12-17)16-6-4-3-5-7-16/h3-7,14-15,17H,8-13H2,1-2H3,(H,21,22). The van der Waals surface area contributed by atoms with Gasteiger partial charge >= 0.3 is 5.97 Å². The van der Waals surface area contributed by atoms with Gasteiger partial charge in [0.25, 0.3) is 0 Å². The van der Waals surface area contributed by atoms with Crippen molar-refractivity contribution in [1.82, 2.24) is 4.90 Å². The third-order valence-electron chi connectivity index (χ3n) is 5.93. The summed E-state index contributed by atoms with van der Waals surface area (Å²) in [7, 11) is 0. The lowest BCUT2D eigenvalue weighted by Gasteiger charge is -2.41. The maximum absolute atomic E-state index is 11.3. The van der Waals surface area contributed by atoms with Gasteiger partial charge in [-0.1, -0.05) is 37.3 Å². The van der Waals surface area contributed by atoms with Gasteiger partial charge in [-0.05, 0) is 50.0 Å². The monoisotopic (exact) mass is 301 g/mol. The van der Waals surface area contributed by atoms with Crippen molar-refractivity contribution in [3.05, 3.63) is 35.9 Å². The van der Waals surface area contributed by atoms with E-state index >= 15 is 0 Å². The van der Waals surface area contributed by atoms with E-state index in [0.717, 1.165) is 25.8 Å². The van der Waals surface area contributed by atoms with Gasteiger partial charge in [0.15, 0.2) is 0 Å². The van der Waals surface area contributed by atoms with Gasteiger partial charge in [0.2, 0.25) is 0 Å². The number of hydrogen-bond acceptors (Lipinski definition) is 2. The maximum Gasteiger partial charge on any atom is 0.307 e. The van der Waals surface area contributed by atoms with E-state index in [1.165, 1.54) is 18.4 Å². The molecule has 1 saturated carbocycles. The first-order valence-corrected chi connectivity index (χ1v) is 8.54. The number of rotatable bonds is 3. The smallest absolute Gasteiger partial charge is 0.307 e. The third-order valence-corrected chi connectivity index (χ3v) is 5.93. The van der Waals surface area contributed by atoms with Crippen LogP contribution in [0.1, 0.15) is 51.5 Å². The number of aliphatic carboxylic acids is 1. The van der Waals surface area contributed by atoms with E-state index in [-0.39, 0.29) is 11.3 Å². The molecule has 0 spiro atoms. The van der Waals surface area contributed by atoms with E-state index in [1.54, 1.807) is 0 Å². The molecule has 0 amide bonds. The quantitative estimate of drug-likeness (QED) is 0.926. The van der Waals surface area contributed by atoms with Crippen LogP contribution in [0.4, 0.5) is 0 Å². The number of carboxylic acids is 1. The van der Waals surface area contributed by atoms with E-state index in [9.17, 15) is 9.90 Å². The molecule has 22 heavy (non-hydrogen) atoms. The van der Waals surface area contributed by atoms with Gasteiger partial charge in [-0.15, -0.1) is 0 Å². The molecule has 1 aromatic carbocycles. The van der Waals surface area contributed by atoms with Crippen LogP contribution in [0.25, 0.3) is 0 Å². The zero-order chi connectivity index (χ0) is 15.7. The highest BCUT2D eigenvalue weighted by Gasteiger charge is 2.42. The van der Waals surface area contributed by atoms with E-state index < -0.39 is 5.97 Å². The summed E-state index contributed by atoms with van der Waals surface area (Å²) in [5, 5.41) is 9.34. The van der Waals surface area contributed by atoms with Crippen molar-refractivity contribution in [2.75, 3.05) is 6.54 Å². The zero-order valence-electron chi connectivity index (χ0n) is 13.7. The van der Waals surface area contributed by atoms with Crippen molar-refractivity contribution in [2.45, 2.75) is 63.5 Å². The number of likely N-dealkylation sites (tertiary alicyclic amines) is 1. The molecule has 3 heteroatoms. The molecule has 1 heterocycles. The van der Waals surface area contributed by atoms with Gasteiger partial charge in [-0.3, -0.25) is 9.69 Å². The number of hydrogen-bond donors (Lipinski definition) is 1. The van der Waals surface area contributed by atoms with Gasteiger partial charge in [-0.2, -0.15) is 0 Å². The molecule has 2 aliphatic rings. The molecule has 120 valence electrons. The fourth-order valence-electron chi connectivity index (χ4n) is 4.44. The van der Waals surface area contributed by atoms with E-state index in [4.69, 9.17) is 0 Å². The minimum atomic E-state index is -0.624. The summed E-state index contributed by atoms with van der Waals surface area (Å²) in [4.78, 5) is 13.8. The fourth-order valence-corrected chi connectivity index (χ4v) is 4.44. The highest BCUT2D eigenvalue weighted by Crippen LogP contribution is 2.44. The predicted molar refractivity (Wildman–Crippen MR) is 88.0 cm³/mol. The second-order valence-electron chi connectivity index (χ2n) is 7.48. The minimum absolute atomic E-state index is 0.181. The van der Waals surface area contributed by atoms with Gasteiger partial charge in [-0.25, -0.2) is 0 Å². The molecule has 0 aromatic heterocycles. The number of nitrogens with zero attached hydrogens (tertiary/aromatic N) is 1. The Balaban J connectivity index is 1.73. The lowest BCUT2D eigenvalue weighted by atomic mass is 9.80. The van der Waals surface area contributed by atoms with Crippen LogP contribution >= 0.6 is 0 Å². The van der Waals surface area contributed by atoms with Crippen molar-refractivity contribution in [2.24, 2.45) is 5.92 Å². The Morgan fingerprint density at radius 3 is 2.64 bits per heavy atom. The fraction of sp³-hybridized carbons (Fsp3) is 0.632. The van der Waals surface area contributed by atoms with Crippen molar-refractivity contribution >= 4 is 5.97 Å². The Hall–Kier alpha value is -1.35. The number of piperidine rings is 1. The van der Waals surface area contributed by atoms with Crippen LogP contribution in [0.2, 0.25) is 0 Å². The summed E-state index contributed by atoms with van der Waals surface area (Å²) in [5.74, 6) is -0.805. The Kier molecular flexibility index (Phi) is 4.26. The Morgan fingerprint density at radius 2 is 1.95 bits per heavy atom. The average molecular weight is 301 g/mol. The summed E-state index contributed by atoms with van der Waals surface area (Å²) in [6.45, 7) is 5.36. The SMILES string of the molecule is CC1CCC(C(=O)O)CN1C1CCC(C)(c2ccccc2)C1. The number of carboxylic acid groups (broad SMARTS) is 1. The normalized spacial score (nSPS) is 36.4. The van der Waals surface area contributed by atoms with E-state index in [2.05, 4.69) is 49.1 Å². The molecule has 2 fully saturated rings. The first-order valence-electron chi connectivity index (χ1n) is 8.54. The lowest BCUT2D eigenvalue weighted by Crippen LogP contribution is -2.49. The summed E-state index contributed by atoms with van der Waals surface area (Å²) >= 11 is 0. The zero-order valence-corrected chi connectivity index (χ0v) is 13.7. The Labute approximate surface area is 133 Å². The molecule has 1 aromatic rings. The van der Waals surface area contributed by atoms with E-state index in [1.807, 2.05) is 0 Å². The molecule has 4 unspecified atom stereocenters. The molecular weight excluding hydrogens is 274 g/mol. The van der Waals surface area contributed by atoms with Crippen LogP contribution in [0.5, 0.6) is 0 Å². The average Bonchev–Trinajstić information content (AvgIpc) is 2.92. The summed E-state index contributed by atoms with van der Waals surface area (Å²) in [5.41, 5.74) is 1.67. The molecule has 1 saturated heterocycles. The highest BCUT2D eigenvalue weighted by molar-refractivity contribution is 5.70. The summed E-state index contributed by atoms with van der Waals surface area (Å²) in [6, 6.07) is 11.8. The maximum atomic E-state index is 11.3. The van der Waals surface area contributed by atoms with Crippen LogP contribution in [-0.2, 0) is 10.2 Å². The highest BCUT2D eigenvalue weighted by atomic mass is 16.4. The van der Waals surface area contributed by atoms with Crippen molar-refractivity contribution in [3.8, 4) is 0 Å². The first-order chi connectivity index (χ1) is 10.5. The molecule has 1 N–H and O–H groups in total. The van der Waals surface area contributed by atoms with Crippen LogP contribution in [0, 0.1) is 5.92 Å². The van der Waals surface area contributed by atoms with Crippen LogP contribution < -0.4 is 0 Å². The number of benzene rings is 1. The topological polar surface area (TPSA) is 40.5 Å². The van der Waals surface area contributed by atoms with E-state index in [0.29, 0.717) is 12.1 Å². The molecular formula is C19H27NO2.